The van der Waals surface area contributed by atoms with Gasteiger partial charge in [0, 0.05) is 0 Å². The summed E-state index contributed by atoms with van der Waals surface area (Å²) >= 11 is 0. The number of carbonyl (C=O) groups is 1. The molecule has 0 bridgehead atoms. The third-order valence-corrected chi connectivity index (χ3v) is 2.42. The molecule has 19 heavy (non-hydrogen) atoms. The molecule has 1 aromatic heterocycles. The lowest BCUT2D eigenvalue weighted by atomic mass is 10.1. The van der Waals surface area contributed by atoms with E-state index in [2.05, 4.69) is 15.3 Å². The maximum absolute atomic E-state index is 11.1. The van der Waals surface area contributed by atoms with Crippen LogP contribution in [0, 0.1) is 0 Å². The third-order valence-electron chi connectivity index (χ3n) is 2.42. The van der Waals surface area contributed by atoms with Crippen LogP contribution in [0.25, 0.3) is 0 Å². The predicted molar refractivity (Wildman–Crippen MR) is 69.2 cm³/mol. The van der Waals surface area contributed by atoms with Crippen LogP contribution in [0.5, 0.6) is 5.88 Å². The molecule has 1 aromatic rings. The van der Waals surface area contributed by atoms with E-state index in [1.54, 1.807) is 0 Å². The topological polar surface area (TPSA) is 105 Å². The molecule has 0 aliphatic carbocycles. The summed E-state index contributed by atoms with van der Waals surface area (Å²) in [7, 11) is 0. The Kier molecular flexibility index (Phi) is 6.59. The van der Waals surface area contributed by atoms with Gasteiger partial charge in [-0.05, 0) is 6.42 Å². The number of nitrogens with zero attached hydrogens (tertiary/aromatic N) is 2. The molecule has 3 N–H and O–H groups in total. The van der Waals surface area contributed by atoms with Crippen molar-refractivity contribution in [2.45, 2.75) is 32.2 Å². The number of carboxylic acids is 1. The maximum Gasteiger partial charge on any atom is 0.326 e. The van der Waals surface area contributed by atoms with Crippen molar-refractivity contribution in [3.8, 4) is 5.88 Å². The second-order valence-electron chi connectivity index (χ2n) is 3.99. The van der Waals surface area contributed by atoms with Gasteiger partial charge >= 0.3 is 5.97 Å². The van der Waals surface area contributed by atoms with Gasteiger partial charge in [0.2, 0.25) is 5.88 Å². The van der Waals surface area contributed by atoms with E-state index in [4.69, 9.17) is 14.9 Å². The van der Waals surface area contributed by atoms with Crippen molar-refractivity contribution in [2.24, 2.45) is 0 Å². The summed E-state index contributed by atoms with van der Waals surface area (Å²) in [6.45, 7) is 2.01. The number of hydrogen-bond donors (Lipinski definition) is 3. The van der Waals surface area contributed by atoms with Crippen molar-refractivity contribution in [1.82, 2.24) is 9.97 Å². The van der Waals surface area contributed by atoms with Gasteiger partial charge < -0.3 is 20.3 Å². The van der Waals surface area contributed by atoms with Crippen LogP contribution in [0.4, 0.5) is 5.82 Å². The minimum absolute atomic E-state index is 0.117. The summed E-state index contributed by atoms with van der Waals surface area (Å²) < 4.78 is 5.11. The number of aliphatic hydroxyl groups excluding tert-OH is 1. The Hall–Kier alpha value is -1.89. The van der Waals surface area contributed by atoms with Crippen LogP contribution in [-0.4, -0.2) is 45.4 Å². The van der Waals surface area contributed by atoms with Crippen LogP contribution in [0.15, 0.2) is 12.4 Å². The van der Waals surface area contributed by atoms with Gasteiger partial charge in [-0.2, -0.15) is 4.98 Å². The summed E-state index contributed by atoms with van der Waals surface area (Å²) in [5.74, 6) is -0.324. The fourth-order valence-electron chi connectivity index (χ4n) is 1.48. The zero-order valence-corrected chi connectivity index (χ0v) is 10.9. The van der Waals surface area contributed by atoms with E-state index in [0.717, 1.165) is 12.8 Å². The molecule has 1 unspecified atom stereocenters. The maximum atomic E-state index is 11.1. The summed E-state index contributed by atoms with van der Waals surface area (Å²) in [6, 6.07) is -0.692. The van der Waals surface area contributed by atoms with Gasteiger partial charge in [-0.3, -0.25) is 4.98 Å². The van der Waals surface area contributed by atoms with Crippen LogP contribution in [0.3, 0.4) is 0 Å². The number of anilines is 1. The number of hydrogen-bond acceptors (Lipinski definition) is 6. The Labute approximate surface area is 111 Å². The van der Waals surface area contributed by atoms with Crippen LogP contribution in [-0.2, 0) is 4.79 Å². The first kappa shape index (κ1) is 15.2. The van der Waals surface area contributed by atoms with Gasteiger partial charge in [-0.15, -0.1) is 0 Å². The van der Waals surface area contributed by atoms with E-state index in [9.17, 15) is 4.79 Å². The molecule has 1 rings (SSSR count). The number of aliphatic hydroxyl groups is 1. The molecule has 0 fully saturated rings. The first-order valence-corrected chi connectivity index (χ1v) is 6.22. The molecule has 1 heterocycles. The molecular formula is C12H19N3O4. The highest BCUT2D eigenvalue weighted by atomic mass is 16.5. The number of carboxylic acid groups (broad SMARTS) is 1. The number of nitrogens with one attached hydrogen (secondary N) is 1. The van der Waals surface area contributed by atoms with E-state index in [1.807, 2.05) is 6.92 Å². The average molecular weight is 269 g/mol. The van der Waals surface area contributed by atoms with E-state index in [0.29, 0.717) is 12.2 Å². The van der Waals surface area contributed by atoms with Gasteiger partial charge in [0.05, 0.1) is 19.0 Å². The first-order valence-electron chi connectivity index (χ1n) is 6.22. The second-order valence-corrected chi connectivity index (χ2v) is 3.99. The van der Waals surface area contributed by atoms with E-state index >= 15 is 0 Å². The number of rotatable bonds is 9. The predicted octanol–water partition coefficient (Wildman–Crippen LogP) is 0.903. The molecule has 0 radical (unpaired) electrons. The molecule has 0 spiro atoms. The summed E-state index contributed by atoms with van der Waals surface area (Å²) in [6.07, 6.45) is 5.11. The molecule has 106 valence electrons. The quantitative estimate of drug-likeness (QED) is 0.611. The Morgan fingerprint density at radius 2 is 2.32 bits per heavy atom. The second kappa shape index (κ2) is 8.25. The van der Waals surface area contributed by atoms with Gasteiger partial charge in [0.15, 0.2) is 0 Å². The normalized spacial score (nSPS) is 11.9. The molecule has 7 nitrogen and oxygen atoms in total. The molecule has 0 amide bonds. The standard InChI is InChI=1S/C12H19N3O4/c1-2-3-4-9(12(17)18)14-10-7-13-8-11(15-10)19-6-5-16/h7-9,16H,2-6H2,1H3,(H,14,15)(H,17,18). The van der Waals surface area contributed by atoms with Crippen molar-refractivity contribution < 1.29 is 19.7 Å². The summed E-state index contributed by atoms with van der Waals surface area (Å²) in [5.41, 5.74) is 0. The Morgan fingerprint density at radius 1 is 1.53 bits per heavy atom. The summed E-state index contributed by atoms with van der Waals surface area (Å²) in [4.78, 5) is 19.1. The van der Waals surface area contributed by atoms with Crippen LogP contribution >= 0.6 is 0 Å². The fourth-order valence-corrected chi connectivity index (χ4v) is 1.48. The van der Waals surface area contributed by atoms with Crippen molar-refractivity contribution in [1.29, 1.82) is 0 Å². The molecule has 0 aliphatic heterocycles. The van der Waals surface area contributed by atoms with Gasteiger partial charge in [0.1, 0.15) is 18.5 Å². The minimum Gasteiger partial charge on any atom is -0.480 e. The van der Waals surface area contributed by atoms with E-state index < -0.39 is 12.0 Å². The smallest absolute Gasteiger partial charge is 0.326 e. The molecule has 7 heteroatoms. The SMILES string of the molecule is CCCCC(Nc1cncc(OCCO)n1)C(=O)O. The molecular weight excluding hydrogens is 250 g/mol. The van der Waals surface area contributed by atoms with Crippen LogP contribution in [0.2, 0.25) is 0 Å². The lowest BCUT2D eigenvalue weighted by Crippen LogP contribution is -2.29. The highest BCUT2D eigenvalue weighted by Gasteiger charge is 2.17. The molecule has 0 saturated carbocycles. The number of unbranched alkanes of at least 4 members (excludes halogenated alkanes) is 1. The molecule has 0 saturated heterocycles. The van der Waals surface area contributed by atoms with E-state index in [1.165, 1.54) is 12.4 Å². The summed E-state index contributed by atoms with van der Waals surface area (Å²) in [5, 5.41) is 20.6. The minimum atomic E-state index is -0.920. The lowest BCUT2D eigenvalue weighted by molar-refractivity contribution is -0.138. The highest BCUT2D eigenvalue weighted by molar-refractivity contribution is 5.76. The van der Waals surface area contributed by atoms with Crippen LogP contribution < -0.4 is 10.1 Å². The number of aliphatic carboxylic acids is 1. The number of aromatic nitrogens is 2. The van der Waals surface area contributed by atoms with Crippen LogP contribution in [0.1, 0.15) is 26.2 Å². The first-order chi connectivity index (χ1) is 9.17. The Morgan fingerprint density at radius 3 is 2.95 bits per heavy atom. The van der Waals surface area contributed by atoms with Gasteiger partial charge in [-0.1, -0.05) is 19.8 Å². The average Bonchev–Trinajstić information content (AvgIpc) is 2.41. The zero-order chi connectivity index (χ0) is 14.1. The van der Waals surface area contributed by atoms with Crippen molar-refractivity contribution in [3.63, 3.8) is 0 Å². The van der Waals surface area contributed by atoms with Crippen molar-refractivity contribution in [3.05, 3.63) is 12.4 Å². The monoisotopic (exact) mass is 269 g/mol. The molecule has 0 aliphatic rings. The van der Waals surface area contributed by atoms with Gasteiger partial charge in [-0.25, -0.2) is 4.79 Å². The Balaban J connectivity index is 2.64. The Bertz CT molecular complexity index is 400. The lowest BCUT2D eigenvalue weighted by Gasteiger charge is -2.14. The van der Waals surface area contributed by atoms with Crippen molar-refractivity contribution in [2.75, 3.05) is 18.5 Å². The number of ether oxygens (including phenoxy) is 1. The highest BCUT2D eigenvalue weighted by Crippen LogP contribution is 2.12. The zero-order valence-electron chi connectivity index (χ0n) is 10.9. The fraction of sp³-hybridized carbons (Fsp3) is 0.583. The largest absolute Gasteiger partial charge is 0.480 e. The molecule has 1 atom stereocenters. The molecule has 0 aromatic carbocycles. The van der Waals surface area contributed by atoms with Gasteiger partial charge in [0.25, 0.3) is 0 Å². The third kappa shape index (κ3) is 5.52. The van der Waals surface area contributed by atoms with E-state index in [-0.39, 0.29) is 19.1 Å². The van der Waals surface area contributed by atoms with Crippen molar-refractivity contribution >= 4 is 11.8 Å².